The van der Waals surface area contributed by atoms with Crippen molar-refractivity contribution >= 4 is 40.1 Å². The minimum Gasteiger partial charge on any atom is -0.479 e. The summed E-state index contributed by atoms with van der Waals surface area (Å²) < 4.78 is 9.81. The molecule has 6 heteroatoms. The second-order valence-electron chi connectivity index (χ2n) is 2.40. The molecule has 0 aliphatic heterocycles. The van der Waals surface area contributed by atoms with Gasteiger partial charge in [0.25, 0.3) is 0 Å². The second kappa shape index (κ2) is 7.64. The van der Waals surface area contributed by atoms with Gasteiger partial charge in [-0.3, -0.25) is 9.59 Å². The van der Waals surface area contributed by atoms with Gasteiger partial charge in [0, 0.05) is 6.92 Å². The average Bonchev–Trinajstić information content (AvgIpc) is 2.14. The Hall–Kier alpha value is -0.620. The van der Waals surface area contributed by atoms with E-state index in [0.717, 1.165) is 11.8 Å². The van der Waals surface area contributed by atoms with Crippen molar-refractivity contribution in [1.29, 1.82) is 0 Å². The number of carbonyl (C=O) groups is 2. The molecule has 0 aromatic heterocycles. The topological polar surface area (TPSA) is 52.6 Å². The van der Waals surface area contributed by atoms with Crippen LogP contribution in [-0.2, 0) is 19.1 Å². The van der Waals surface area contributed by atoms with Gasteiger partial charge < -0.3 is 9.47 Å². The Labute approximate surface area is 98.7 Å². The molecule has 1 radical (unpaired) electrons. The molecular formula is C9H13O4S2. The molecule has 0 N–H and O–H groups in total. The van der Waals surface area contributed by atoms with Gasteiger partial charge in [0.1, 0.15) is 0 Å². The Morgan fingerprint density at radius 2 is 1.87 bits per heavy atom. The molecule has 0 saturated carbocycles. The van der Waals surface area contributed by atoms with Gasteiger partial charge in [-0.2, -0.15) is 0 Å². The van der Waals surface area contributed by atoms with E-state index in [1.165, 1.54) is 0 Å². The summed E-state index contributed by atoms with van der Waals surface area (Å²) in [4.78, 5) is 22.4. The van der Waals surface area contributed by atoms with E-state index in [0.29, 0.717) is 6.61 Å². The van der Waals surface area contributed by atoms with Crippen LogP contribution in [0, 0.1) is 6.92 Å². The van der Waals surface area contributed by atoms with Crippen LogP contribution in [0.5, 0.6) is 0 Å². The Kier molecular flexibility index (Phi) is 7.33. The first-order chi connectivity index (χ1) is 7.02. The van der Waals surface area contributed by atoms with Crippen LogP contribution >= 0.6 is 24.0 Å². The molecule has 0 spiro atoms. The molecule has 0 aromatic carbocycles. The van der Waals surface area contributed by atoms with Crippen LogP contribution in [0.4, 0.5) is 0 Å². The summed E-state index contributed by atoms with van der Waals surface area (Å²) in [5, 5.41) is -1.02. The Morgan fingerprint density at radius 3 is 2.27 bits per heavy atom. The van der Waals surface area contributed by atoms with Gasteiger partial charge in [0.15, 0.2) is 11.0 Å². The zero-order chi connectivity index (χ0) is 11.8. The van der Waals surface area contributed by atoms with Crippen molar-refractivity contribution in [2.75, 3.05) is 13.2 Å². The van der Waals surface area contributed by atoms with Crippen LogP contribution in [0.15, 0.2) is 0 Å². The quantitative estimate of drug-likeness (QED) is 0.417. The molecule has 4 nitrogen and oxygen atoms in total. The molecule has 1 atom stereocenters. The number of ketones is 1. The zero-order valence-corrected chi connectivity index (χ0v) is 10.3. The fraction of sp³-hybridized carbons (Fsp3) is 0.556. The second-order valence-corrected chi connectivity index (χ2v) is 4.11. The lowest BCUT2D eigenvalue weighted by atomic mass is 10.3. The summed E-state index contributed by atoms with van der Waals surface area (Å²) in [5.74, 6) is -1.18. The number of hydrogen-bond acceptors (Lipinski definition) is 6. The molecule has 0 rings (SSSR count). The highest BCUT2D eigenvalue weighted by atomic mass is 32.2. The van der Waals surface area contributed by atoms with Crippen molar-refractivity contribution in [2.24, 2.45) is 0 Å². The van der Waals surface area contributed by atoms with Crippen molar-refractivity contribution in [3.63, 3.8) is 0 Å². The van der Waals surface area contributed by atoms with Gasteiger partial charge in [-0.05, 0) is 26.1 Å². The SMILES string of the molecule is [CH2]C(=O)C(SC(=S)OCC)C(=O)OCC. The first-order valence-corrected chi connectivity index (χ1v) is 5.67. The molecule has 0 aliphatic rings. The van der Waals surface area contributed by atoms with E-state index in [1.54, 1.807) is 13.8 Å². The zero-order valence-electron chi connectivity index (χ0n) is 8.65. The van der Waals surface area contributed by atoms with Crippen molar-refractivity contribution in [3.8, 4) is 0 Å². The molecule has 0 bridgehead atoms. The van der Waals surface area contributed by atoms with Crippen LogP contribution in [0.1, 0.15) is 13.8 Å². The predicted molar refractivity (Wildman–Crippen MR) is 62.6 cm³/mol. The molecule has 1 unspecified atom stereocenters. The largest absolute Gasteiger partial charge is 0.479 e. The van der Waals surface area contributed by atoms with E-state index >= 15 is 0 Å². The molecule has 0 saturated heterocycles. The first kappa shape index (κ1) is 14.4. The molecular weight excluding hydrogens is 236 g/mol. The maximum absolute atomic E-state index is 11.3. The van der Waals surface area contributed by atoms with Gasteiger partial charge >= 0.3 is 5.97 Å². The number of esters is 1. The van der Waals surface area contributed by atoms with E-state index in [-0.39, 0.29) is 11.0 Å². The Bertz CT molecular complexity index is 252. The lowest BCUT2D eigenvalue weighted by Gasteiger charge is -2.12. The summed E-state index contributed by atoms with van der Waals surface area (Å²) in [7, 11) is 0. The number of thiocarbonyl (C=S) groups is 1. The number of hydrogen-bond donors (Lipinski definition) is 0. The van der Waals surface area contributed by atoms with E-state index in [4.69, 9.17) is 21.7 Å². The third-order valence-corrected chi connectivity index (χ3v) is 2.68. The predicted octanol–water partition coefficient (Wildman–Crippen LogP) is 1.38. The molecule has 0 fully saturated rings. The molecule has 15 heavy (non-hydrogen) atoms. The molecule has 0 heterocycles. The maximum Gasteiger partial charge on any atom is 0.327 e. The van der Waals surface area contributed by atoms with Crippen molar-refractivity contribution in [2.45, 2.75) is 19.1 Å². The normalized spacial score (nSPS) is 11.7. The third kappa shape index (κ3) is 5.74. The average molecular weight is 249 g/mol. The Balaban J connectivity index is 4.34. The molecule has 0 aliphatic carbocycles. The highest BCUT2D eigenvalue weighted by Gasteiger charge is 2.27. The smallest absolute Gasteiger partial charge is 0.327 e. The van der Waals surface area contributed by atoms with Crippen molar-refractivity contribution in [1.82, 2.24) is 0 Å². The van der Waals surface area contributed by atoms with Crippen LogP contribution in [-0.4, -0.2) is 34.6 Å². The van der Waals surface area contributed by atoms with E-state index in [2.05, 4.69) is 6.92 Å². The minimum absolute atomic E-state index is 0.146. The van der Waals surface area contributed by atoms with Crippen LogP contribution < -0.4 is 0 Å². The summed E-state index contributed by atoms with van der Waals surface area (Å²) in [6, 6.07) is 0. The summed E-state index contributed by atoms with van der Waals surface area (Å²) in [5.41, 5.74) is 0. The number of rotatable bonds is 5. The Morgan fingerprint density at radius 1 is 1.33 bits per heavy atom. The monoisotopic (exact) mass is 249 g/mol. The number of Topliss-reactive ketones (excluding diaryl/α,β-unsaturated/α-hetero) is 1. The fourth-order valence-corrected chi connectivity index (χ4v) is 1.79. The van der Waals surface area contributed by atoms with Gasteiger partial charge in [-0.25, -0.2) is 0 Å². The molecule has 85 valence electrons. The molecule has 0 amide bonds. The summed E-state index contributed by atoms with van der Waals surface area (Å²) in [6.07, 6.45) is 0. The van der Waals surface area contributed by atoms with E-state index in [9.17, 15) is 9.59 Å². The van der Waals surface area contributed by atoms with Gasteiger partial charge in [-0.15, -0.1) is 0 Å². The highest BCUT2D eigenvalue weighted by molar-refractivity contribution is 8.23. The number of thioether (sulfide) groups is 1. The first-order valence-electron chi connectivity index (χ1n) is 4.38. The van der Waals surface area contributed by atoms with Crippen molar-refractivity contribution < 1.29 is 19.1 Å². The van der Waals surface area contributed by atoms with E-state index in [1.807, 2.05) is 0 Å². The minimum atomic E-state index is -1.02. The lowest BCUT2D eigenvalue weighted by Crippen LogP contribution is -2.28. The van der Waals surface area contributed by atoms with Gasteiger partial charge in [-0.1, -0.05) is 11.8 Å². The number of ether oxygens (including phenoxy) is 2. The van der Waals surface area contributed by atoms with Crippen LogP contribution in [0.2, 0.25) is 0 Å². The summed E-state index contributed by atoms with van der Waals surface area (Å²) in [6.45, 7) is 7.21. The van der Waals surface area contributed by atoms with Crippen molar-refractivity contribution in [3.05, 3.63) is 6.92 Å². The molecule has 0 aromatic rings. The van der Waals surface area contributed by atoms with Crippen LogP contribution in [0.25, 0.3) is 0 Å². The summed E-state index contributed by atoms with van der Waals surface area (Å²) >= 11 is 5.65. The number of carbonyl (C=O) groups excluding carboxylic acids is 2. The van der Waals surface area contributed by atoms with Gasteiger partial charge in [0.05, 0.1) is 13.2 Å². The van der Waals surface area contributed by atoms with E-state index < -0.39 is 17.0 Å². The third-order valence-electron chi connectivity index (χ3n) is 1.27. The van der Waals surface area contributed by atoms with Crippen LogP contribution in [0.3, 0.4) is 0 Å². The highest BCUT2D eigenvalue weighted by Crippen LogP contribution is 2.17. The van der Waals surface area contributed by atoms with Gasteiger partial charge in [0.2, 0.25) is 4.38 Å². The fourth-order valence-electron chi connectivity index (χ4n) is 0.711. The lowest BCUT2D eigenvalue weighted by molar-refractivity contribution is -0.144. The maximum atomic E-state index is 11.3. The standard InChI is InChI=1S/C9H13O4S2/c1-4-12-8(11)7(6(3)10)15-9(14)13-5-2/h7H,3-5H2,1-2H3.